The molecule has 0 unspecified atom stereocenters. The van der Waals surface area contributed by atoms with Crippen molar-refractivity contribution in [1.82, 2.24) is 0 Å². The van der Waals surface area contributed by atoms with Gasteiger partial charge >= 0.3 is 9.05 Å². The zero-order valence-electron chi connectivity index (χ0n) is 10.9. The van der Waals surface area contributed by atoms with Crippen LogP contribution in [0, 0.1) is 0 Å². The van der Waals surface area contributed by atoms with Gasteiger partial charge in [0.25, 0.3) is 0 Å². The lowest BCUT2D eigenvalue weighted by Gasteiger charge is -2.26. The minimum absolute atomic E-state index is 0.472. The summed E-state index contributed by atoms with van der Waals surface area (Å²) in [4.78, 5) is 0. The predicted octanol–water partition coefficient (Wildman–Crippen LogP) is 3.26. The topological polar surface area (TPSA) is 36.9 Å². The van der Waals surface area contributed by atoms with E-state index in [9.17, 15) is 0 Å². The van der Waals surface area contributed by atoms with Crippen molar-refractivity contribution in [2.45, 2.75) is 20.8 Å². The second-order valence-corrected chi connectivity index (χ2v) is 5.86. The van der Waals surface area contributed by atoms with Crippen LogP contribution in [-0.2, 0) is 13.3 Å². The fourth-order valence-corrected chi connectivity index (χ4v) is 3.43. The molecule has 0 amide bonds. The molecule has 0 saturated heterocycles. The number of halogens is 1. The number of benzene rings is 1. The number of hydrogen-bond donors (Lipinski definition) is 0. The molecule has 1 aromatic carbocycles. The van der Waals surface area contributed by atoms with E-state index in [1.165, 1.54) is 0 Å². The molecule has 6 heteroatoms. The lowest BCUT2D eigenvalue weighted by atomic mass is 10.3. The van der Waals surface area contributed by atoms with Gasteiger partial charge in [-0.2, -0.15) is 0 Å². The van der Waals surface area contributed by atoms with E-state index in [2.05, 4.69) is 0 Å². The summed E-state index contributed by atoms with van der Waals surface area (Å²) in [5.74, 6) is 0.626. The molecule has 18 heavy (non-hydrogen) atoms. The maximum absolute atomic E-state index is 5.83. The summed E-state index contributed by atoms with van der Waals surface area (Å²) in [5.41, 5.74) is 0. The van der Waals surface area contributed by atoms with E-state index in [0.717, 1.165) is 0 Å². The van der Waals surface area contributed by atoms with Crippen LogP contribution in [0.1, 0.15) is 20.8 Å². The second kappa shape index (κ2) is 7.76. The van der Waals surface area contributed by atoms with E-state index in [0.29, 0.717) is 30.6 Å². The minimum atomic E-state index is -3.10. The molecular weight excluding hydrogens is 272 g/mol. The zero-order chi connectivity index (χ0) is 13.4. The fraction of sp³-hybridized carbons (Fsp3) is 0.500. The van der Waals surface area contributed by atoms with Gasteiger partial charge in [-0.3, -0.25) is 0 Å². The van der Waals surface area contributed by atoms with Crippen LogP contribution >= 0.6 is 11.6 Å². The minimum Gasteiger partial charge on any atom is -0.480 e. The molecule has 102 valence electrons. The molecule has 1 aromatic rings. The SMILES string of the molecule is CCO[Si](OCC)(OCC)Oc1ccc(Cl)cc1. The van der Waals surface area contributed by atoms with Crippen molar-refractivity contribution >= 4 is 20.6 Å². The van der Waals surface area contributed by atoms with Crippen molar-refractivity contribution in [3.8, 4) is 5.75 Å². The van der Waals surface area contributed by atoms with E-state index in [-0.39, 0.29) is 0 Å². The highest BCUT2D eigenvalue weighted by Crippen LogP contribution is 2.21. The largest absolute Gasteiger partial charge is 0.749 e. The van der Waals surface area contributed by atoms with Gasteiger partial charge in [0, 0.05) is 24.8 Å². The van der Waals surface area contributed by atoms with E-state index in [1.54, 1.807) is 24.3 Å². The molecule has 0 aliphatic carbocycles. The van der Waals surface area contributed by atoms with Crippen LogP contribution in [0.5, 0.6) is 5.75 Å². The highest BCUT2D eigenvalue weighted by atomic mass is 35.5. The molecule has 0 atom stereocenters. The number of hydrogen-bond acceptors (Lipinski definition) is 4. The van der Waals surface area contributed by atoms with Gasteiger partial charge in [0.2, 0.25) is 0 Å². The molecule has 0 aliphatic heterocycles. The molecule has 0 saturated carbocycles. The van der Waals surface area contributed by atoms with Crippen LogP contribution in [0.3, 0.4) is 0 Å². The zero-order valence-corrected chi connectivity index (χ0v) is 12.7. The molecule has 0 heterocycles. The highest BCUT2D eigenvalue weighted by molar-refractivity contribution is 6.54. The number of rotatable bonds is 8. The Kier molecular flexibility index (Phi) is 6.66. The third kappa shape index (κ3) is 4.59. The average Bonchev–Trinajstić information content (AvgIpc) is 2.33. The standard InChI is InChI=1S/C12H19ClO4Si/c1-4-14-18(15-5-2,16-6-3)17-12-9-7-11(13)8-10-12/h7-10H,4-6H2,1-3H3. The second-order valence-electron chi connectivity index (χ2n) is 3.36. The van der Waals surface area contributed by atoms with E-state index in [1.807, 2.05) is 20.8 Å². The Bertz CT molecular complexity index is 327. The molecule has 0 N–H and O–H groups in total. The Morgan fingerprint density at radius 1 is 0.889 bits per heavy atom. The van der Waals surface area contributed by atoms with Gasteiger partial charge in [-0.1, -0.05) is 11.6 Å². The molecule has 1 rings (SSSR count). The Balaban J connectivity index is 2.84. The predicted molar refractivity (Wildman–Crippen MR) is 72.7 cm³/mol. The Hall–Kier alpha value is -0.593. The van der Waals surface area contributed by atoms with E-state index >= 15 is 0 Å². The van der Waals surface area contributed by atoms with Crippen LogP contribution in [0.15, 0.2) is 24.3 Å². The van der Waals surface area contributed by atoms with E-state index < -0.39 is 9.05 Å². The summed E-state index contributed by atoms with van der Waals surface area (Å²) in [5, 5.41) is 0.652. The van der Waals surface area contributed by atoms with Crippen LogP contribution in [0.25, 0.3) is 0 Å². The van der Waals surface area contributed by atoms with Gasteiger partial charge in [-0.25, -0.2) is 0 Å². The summed E-state index contributed by atoms with van der Waals surface area (Å²) in [6.45, 7) is 7.06. The molecule has 4 nitrogen and oxygen atoms in total. The van der Waals surface area contributed by atoms with Gasteiger partial charge < -0.3 is 17.7 Å². The normalized spacial score (nSPS) is 11.6. The van der Waals surface area contributed by atoms with Crippen LogP contribution in [0.2, 0.25) is 5.02 Å². The first-order chi connectivity index (χ1) is 8.65. The maximum atomic E-state index is 5.83. The third-order valence-electron chi connectivity index (χ3n) is 2.02. The highest BCUT2D eigenvalue weighted by Gasteiger charge is 2.47. The molecule has 0 radical (unpaired) electrons. The maximum Gasteiger partial charge on any atom is 0.749 e. The van der Waals surface area contributed by atoms with Crippen molar-refractivity contribution in [3.05, 3.63) is 29.3 Å². The molecule has 0 fully saturated rings. The molecule has 0 aromatic heterocycles. The van der Waals surface area contributed by atoms with Crippen molar-refractivity contribution in [3.63, 3.8) is 0 Å². The Labute approximate surface area is 114 Å². The molecule has 0 spiro atoms. The van der Waals surface area contributed by atoms with Gasteiger partial charge in [-0.15, -0.1) is 0 Å². The first kappa shape index (κ1) is 15.5. The third-order valence-corrected chi connectivity index (χ3v) is 4.68. The summed E-state index contributed by atoms with van der Waals surface area (Å²) in [7, 11) is -3.10. The monoisotopic (exact) mass is 290 g/mol. The lowest BCUT2D eigenvalue weighted by Crippen LogP contribution is -2.52. The first-order valence-corrected chi connectivity index (χ1v) is 8.03. The smallest absolute Gasteiger partial charge is 0.480 e. The Morgan fingerprint density at radius 3 is 1.72 bits per heavy atom. The first-order valence-electron chi connectivity index (χ1n) is 6.02. The van der Waals surface area contributed by atoms with Gasteiger partial charge in [-0.05, 0) is 45.0 Å². The summed E-state index contributed by atoms with van der Waals surface area (Å²) in [6.07, 6.45) is 0. The Morgan fingerprint density at radius 2 is 1.33 bits per heavy atom. The summed E-state index contributed by atoms with van der Waals surface area (Å²) in [6, 6.07) is 7.03. The molecule has 0 aliphatic rings. The quantitative estimate of drug-likeness (QED) is 0.689. The van der Waals surface area contributed by atoms with Gasteiger partial charge in [0.15, 0.2) is 0 Å². The van der Waals surface area contributed by atoms with Crippen LogP contribution in [0.4, 0.5) is 0 Å². The summed E-state index contributed by atoms with van der Waals surface area (Å²) >= 11 is 5.83. The van der Waals surface area contributed by atoms with Crippen LogP contribution in [-0.4, -0.2) is 28.9 Å². The molecule has 0 bridgehead atoms. The van der Waals surface area contributed by atoms with E-state index in [4.69, 9.17) is 29.3 Å². The van der Waals surface area contributed by atoms with Crippen molar-refractivity contribution in [2.75, 3.05) is 19.8 Å². The lowest BCUT2D eigenvalue weighted by molar-refractivity contribution is 0.00970. The van der Waals surface area contributed by atoms with Crippen molar-refractivity contribution in [2.24, 2.45) is 0 Å². The van der Waals surface area contributed by atoms with Gasteiger partial charge in [0.05, 0.1) is 0 Å². The van der Waals surface area contributed by atoms with Gasteiger partial charge in [0.1, 0.15) is 5.75 Å². The van der Waals surface area contributed by atoms with Crippen molar-refractivity contribution in [1.29, 1.82) is 0 Å². The van der Waals surface area contributed by atoms with Crippen molar-refractivity contribution < 1.29 is 17.7 Å². The summed E-state index contributed by atoms with van der Waals surface area (Å²) < 4.78 is 22.5. The molecular formula is C12H19ClO4Si. The average molecular weight is 291 g/mol. The fourth-order valence-electron chi connectivity index (χ4n) is 1.39. The van der Waals surface area contributed by atoms with Crippen LogP contribution < -0.4 is 4.43 Å².